The molecule has 27 heavy (non-hydrogen) atoms. The van der Waals surface area contributed by atoms with E-state index in [4.69, 9.17) is 4.74 Å². The largest absolute Gasteiger partial charge is 0.507 e. The summed E-state index contributed by atoms with van der Waals surface area (Å²) in [6, 6.07) is 26.0. The van der Waals surface area contributed by atoms with Crippen molar-refractivity contribution in [2.75, 3.05) is 7.11 Å². The number of carbonyl (C=O) groups is 1. The molecular weight excluding hydrogens is 336 g/mol. The highest BCUT2D eigenvalue weighted by molar-refractivity contribution is 6.17. The molecule has 3 heteroatoms. The number of methoxy groups -OCH3 is 1. The van der Waals surface area contributed by atoms with Gasteiger partial charge < -0.3 is 9.84 Å². The van der Waals surface area contributed by atoms with Gasteiger partial charge in [-0.25, -0.2) is 0 Å². The first-order chi connectivity index (χ1) is 13.2. The van der Waals surface area contributed by atoms with E-state index in [0.717, 1.165) is 16.7 Å². The number of benzene rings is 4. The van der Waals surface area contributed by atoms with Crippen molar-refractivity contribution in [2.45, 2.75) is 0 Å². The molecule has 0 aliphatic rings. The Morgan fingerprint density at radius 2 is 1.52 bits per heavy atom. The molecule has 0 heterocycles. The molecule has 4 aromatic carbocycles. The number of ether oxygens (including phenoxy) is 1. The van der Waals surface area contributed by atoms with E-state index in [1.807, 2.05) is 72.8 Å². The number of phenolic OH excluding ortho intramolecular Hbond substituents is 1. The summed E-state index contributed by atoms with van der Waals surface area (Å²) in [4.78, 5) is 13.2. The normalized spacial score (nSPS) is 10.7. The zero-order valence-electron chi connectivity index (χ0n) is 14.8. The minimum atomic E-state index is -0.204. The van der Waals surface area contributed by atoms with Crippen LogP contribution in [0.5, 0.6) is 11.5 Å². The highest BCUT2D eigenvalue weighted by atomic mass is 16.5. The first-order valence-electron chi connectivity index (χ1n) is 8.68. The Bertz CT molecular complexity index is 1110. The van der Waals surface area contributed by atoms with Crippen LogP contribution >= 0.6 is 0 Å². The van der Waals surface area contributed by atoms with Gasteiger partial charge >= 0.3 is 0 Å². The van der Waals surface area contributed by atoms with E-state index in [9.17, 15) is 9.90 Å². The van der Waals surface area contributed by atoms with Crippen molar-refractivity contribution in [1.29, 1.82) is 0 Å². The smallest absolute Gasteiger partial charge is 0.197 e. The quantitative estimate of drug-likeness (QED) is 0.496. The molecule has 0 atom stereocenters. The minimum Gasteiger partial charge on any atom is -0.507 e. The average molecular weight is 354 g/mol. The van der Waals surface area contributed by atoms with E-state index in [1.54, 1.807) is 19.2 Å². The fourth-order valence-corrected chi connectivity index (χ4v) is 3.29. The van der Waals surface area contributed by atoms with E-state index in [0.29, 0.717) is 22.1 Å². The van der Waals surface area contributed by atoms with Gasteiger partial charge in [0.2, 0.25) is 0 Å². The molecule has 0 radical (unpaired) electrons. The third-order valence-corrected chi connectivity index (χ3v) is 4.69. The van der Waals surface area contributed by atoms with Crippen molar-refractivity contribution in [3.8, 4) is 22.6 Å². The van der Waals surface area contributed by atoms with Crippen LogP contribution in [0.15, 0.2) is 84.9 Å². The lowest BCUT2D eigenvalue weighted by atomic mass is 9.90. The fraction of sp³-hybridized carbons (Fsp3) is 0.0417. The lowest BCUT2D eigenvalue weighted by Gasteiger charge is -2.14. The fourth-order valence-electron chi connectivity index (χ4n) is 3.29. The monoisotopic (exact) mass is 354 g/mol. The van der Waals surface area contributed by atoms with Gasteiger partial charge in [-0.2, -0.15) is 0 Å². The zero-order chi connectivity index (χ0) is 18.8. The Morgan fingerprint density at radius 3 is 2.22 bits per heavy atom. The maximum Gasteiger partial charge on any atom is 0.197 e. The molecule has 0 bridgehead atoms. The summed E-state index contributed by atoms with van der Waals surface area (Å²) in [5, 5.41) is 12.5. The van der Waals surface area contributed by atoms with E-state index in [-0.39, 0.29) is 11.5 Å². The molecule has 1 N–H and O–H groups in total. The van der Waals surface area contributed by atoms with Crippen LogP contribution in [0.25, 0.3) is 21.9 Å². The van der Waals surface area contributed by atoms with E-state index in [2.05, 4.69) is 0 Å². The van der Waals surface area contributed by atoms with Crippen LogP contribution in [-0.4, -0.2) is 18.0 Å². The van der Waals surface area contributed by atoms with Gasteiger partial charge in [0.05, 0.1) is 12.7 Å². The Hall–Kier alpha value is -3.59. The molecule has 0 aromatic heterocycles. The summed E-state index contributed by atoms with van der Waals surface area (Å²) in [6.07, 6.45) is 0. The molecule has 132 valence electrons. The number of rotatable bonds is 4. The number of aromatic hydroxyl groups is 1. The number of ketones is 1. The van der Waals surface area contributed by atoms with Crippen molar-refractivity contribution >= 4 is 16.6 Å². The number of hydrogen-bond donors (Lipinski definition) is 1. The van der Waals surface area contributed by atoms with Crippen LogP contribution in [-0.2, 0) is 0 Å². The van der Waals surface area contributed by atoms with E-state index >= 15 is 0 Å². The maximum absolute atomic E-state index is 13.2. The summed E-state index contributed by atoms with van der Waals surface area (Å²) >= 11 is 0. The summed E-state index contributed by atoms with van der Waals surface area (Å²) in [6.45, 7) is 0. The number of carbonyl (C=O) groups excluding carboxylic acids is 1. The van der Waals surface area contributed by atoms with Crippen LogP contribution in [0.3, 0.4) is 0 Å². The molecule has 0 aliphatic heterocycles. The van der Waals surface area contributed by atoms with Crippen molar-refractivity contribution < 1.29 is 14.6 Å². The van der Waals surface area contributed by atoms with Gasteiger partial charge in [-0.3, -0.25) is 4.79 Å². The lowest BCUT2D eigenvalue weighted by molar-refractivity contribution is 0.103. The van der Waals surface area contributed by atoms with E-state index < -0.39 is 0 Å². The Balaban J connectivity index is 1.99. The second-order valence-electron chi connectivity index (χ2n) is 6.29. The summed E-state index contributed by atoms with van der Waals surface area (Å²) in [5.74, 6) is 0.539. The molecule has 0 spiro atoms. The number of phenols is 1. The average Bonchev–Trinajstić information content (AvgIpc) is 2.74. The van der Waals surface area contributed by atoms with Gasteiger partial charge in [-0.15, -0.1) is 0 Å². The minimum absolute atomic E-state index is 0.00720. The molecule has 0 saturated carbocycles. The first-order valence-corrected chi connectivity index (χ1v) is 8.68. The molecule has 0 fully saturated rings. The molecule has 0 saturated heterocycles. The third kappa shape index (κ3) is 3.04. The number of fused-ring (bicyclic) bond motifs is 1. The van der Waals surface area contributed by atoms with Crippen LogP contribution in [0.2, 0.25) is 0 Å². The zero-order valence-corrected chi connectivity index (χ0v) is 14.8. The topological polar surface area (TPSA) is 46.5 Å². The number of hydrogen-bond acceptors (Lipinski definition) is 3. The third-order valence-electron chi connectivity index (χ3n) is 4.69. The lowest BCUT2D eigenvalue weighted by Crippen LogP contribution is -2.04. The van der Waals surface area contributed by atoms with Crippen molar-refractivity contribution in [3.05, 3.63) is 96.1 Å². The molecule has 0 unspecified atom stereocenters. The molecule has 3 nitrogen and oxygen atoms in total. The highest BCUT2D eigenvalue weighted by Crippen LogP contribution is 2.38. The SMILES string of the molecule is COc1ccc(-c2cc3ccccc3c(O)c2C(=O)c2ccccc2)cc1. The molecule has 4 rings (SSSR count). The van der Waals surface area contributed by atoms with Crippen LogP contribution < -0.4 is 4.74 Å². The van der Waals surface area contributed by atoms with Gasteiger partial charge in [0.1, 0.15) is 11.5 Å². The van der Waals surface area contributed by atoms with Crippen molar-refractivity contribution in [1.82, 2.24) is 0 Å². The predicted octanol–water partition coefficient (Wildman–Crippen LogP) is 5.45. The van der Waals surface area contributed by atoms with Crippen molar-refractivity contribution in [3.63, 3.8) is 0 Å². The maximum atomic E-state index is 13.2. The second kappa shape index (κ2) is 6.96. The van der Waals surface area contributed by atoms with Gasteiger partial charge in [0.15, 0.2) is 5.78 Å². The van der Waals surface area contributed by atoms with Crippen LogP contribution in [0.4, 0.5) is 0 Å². The predicted molar refractivity (Wildman–Crippen MR) is 107 cm³/mol. The van der Waals surface area contributed by atoms with Gasteiger partial charge in [-0.1, -0.05) is 66.7 Å². The second-order valence-corrected chi connectivity index (χ2v) is 6.29. The Labute approximate surface area is 157 Å². The summed E-state index contributed by atoms with van der Waals surface area (Å²) in [5.41, 5.74) is 2.39. The standard InChI is InChI=1S/C24H18O3/c1-27-19-13-11-16(12-14-19)21-15-18-9-5-6-10-20(18)24(26)22(21)23(25)17-7-3-2-4-8-17/h2-15,26H,1H3. The molecule has 0 amide bonds. The Morgan fingerprint density at radius 1 is 0.852 bits per heavy atom. The molecule has 4 aromatic rings. The first kappa shape index (κ1) is 16.9. The van der Waals surface area contributed by atoms with Crippen LogP contribution in [0.1, 0.15) is 15.9 Å². The van der Waals surface area contributed by atoms with Crippen LogP contribution in [0, 0.1) is 0 Å². The van der Waals surface area contributed by atoms with E-state index in [1.165, 1.54) is 0 Å². The molecule has 0 aliphatic carbocycles. The molecular formula is C24H18O3. The van der Waals surface area contributed by atoms with Gasteiger partial charge in [-0.05, 0) is 34.7 Å². The Kier molecular flexibility index (Phi) is 4.35. The summed E-state index contributed by atoms with van der Waals surface area (Å²) in [7, 11) is 1.61. The summed E-state index contributed by atoms with van der Waals surface area (Å²) < 4.78 is 5.23. The van der Waals surface area contributed by atoms with Crippen molar-refractivity contribution in [2.24, 2.45) is 0 Å². The highest BCUT2D eigenvalue weighted by Gasteiger charge is 2.21. The van der Waals surface area contributed by atoms with Gasteiger partial charge in [0.25, 0.3) is 0 Å². The van der Waals surface area contributed by atoms with Gasteiger partial charge in [0, 0.05) is 10.9 Å².